The average Bonchev–Trinajstić information content (AvgIpc) is 2.04. The lowest BCUT2D eigenvalue weighted by Crippen LogP contribution is -2.12. The molecular weight excluding hydrogens is 246 g/mol. The highest BCUT2D eigenvalue weighted by Crippen LogP contribution is 2.36. The molecule has 2 rings (SSSR count). The molecule has 1 fully saturated rings. The van der Waals surface area contributed by atoms with Gasteiger partial charge in [0.1, 0.15) is 0 Å². The molecule has 1 saturated carbocycles. The Bertz CT molecular complexity index is 374. The Morgan fingerprint density at radius 1 is 1.57 bits per heavy atom. The number of carbonyl (C=O) groups is 1. The number of halogens is 1. The minimum Gasteiger partial charge on any atom is -0.478 e. The lowest BCUT2D eigenvalue weighted by molar-refractivity contribution is 0.0695. The second-order valence-electron chi connectivity index (χ2n) is 3.52. The molecule has 0 atom stereocenters. The Morgan fingerprint density at radius 2 is 2.29 bits per heavy atom. The molecular formula is C10H10BrNO2. The summed E-state index contributed by atoms with van der Waals surface area (Å²) in [5.74, 6) is -0.430. The molecule has 14 heavy (non-hydrogen) atoms. The third-order valence-electron chi connectivity index (χ3n) is 2.63. The first-order chi connectivity index (χ1) is 6.68. The molecule has 0 spiro atoms. The number of carboxylic acids is 1. The van der Waals surface area contributed by atoms with Crippen molar-refractivity contribution in [2.45, 2.75) is 25.2 Å². The van der Waals surface area contributed by atoms with Crippen LogP contribution in [0.1, 0.15) is 41.2 Å². The van der Waals surface area contributed by atoms with Crippen molar-refractivity contribution in [3.05, 3.63) is 28.0 Å². The van der Waals surface area contributed by atoms with Gasteiger partial charge in [-0.2, -0.15) is 0 Å². The number of pyridine rings is 1. The van der Waals surface area contributed by atoms with E-state index in [9.17, 15) is 4.79 Å². The van der Waals surface area contributed by atoms with Crippen molar-refractivity contribution in [3.63, 3.8) is 0 Å². The lowest BCUT2D eigenvalue weighted by atomic mass is 9.82. The van der Waals surface area contributed by atoms with Crippen LogP contribution in [0, 0.1) is 0 Å². The van der Waals surface area contributed by atoms with E-state index in [0.717, 1.165) is 18.5 Å². The van der Waals surface area contributed by atoms with Crippen molar-refractivity contribution in [2.24, 2.45) is 0 Å². The Labute approximate surface area is 90.3 Å². The molecule has 0 unspecified atom stereocenters. The smallest absolute Gasteiger partial charge is 0.336 e. The average molecular weight is 256 g/mol. The van der Waals surface area contributed by atoms with Gasteiger partial charge in [0.05, 0.1) is 10.0 Å². The summed E-state index contributed by atoms with van der Waals surface area (Å²) in [6.45, 7) is 0. The zero-order valence-corrected chi connectivity index (χ0v) is 9.12. The highest BCUT2D eigenvalue weighted by molar-refractivity contribution is 9.10. The van der Waals surface area contributed by atoms with Crippen molar-refractivity contribution in [1.82, 2.24) is 4.98 Å². The molecule has 1 N–H and O–H groups in total. The topological polar surface area (TPSA) is 50.2 Å². The number of carboxylic acid groups (broad SMARTS) is 1. The zero-order chi connectivity index (χ0) is 10.1. The van der Waals surface area contributed by atoms with Gasteiger partial charge < -0.3 is 5.11 Å². The molecule has 3 nitrogen and oxygen atoms in total. The lowest BCUT2D eigenvalue weighted by Gasteiger charge is -2.24. The van der Waals surface area contributed by atoms with Crippen LogP contribution in [0.3, 0.4) is 0 Å². The van der Waals surface area contributed by atoms with Gasteiger partial charge in [-0.15, -0.1) is 0 Å². The highest BCUT2D eigenvalue weighted by Gasteiger charge is 2.22. The van der Waals surface area contributed by atoms with Crippen LogP contribution in [0.2, 0.25) is 0 Å². The number of aromatic nitrogens is 1. The number of rotatable bonds is 2. The Kier molecular flexibility index (Phi) is 2.54. The van der Waals surface area contributed by atoms with Gasteiger partial charge >= 0.3 is 5.97 Å². The maximum absolute atomic E-state index is 10.8. The maximum atomic E-state index is 10.8. The first-order valence-electron chi connectivity index (χ1n) is 4.57. The van der Waals surface area contributed by atoms with E-state index in [4.69, 9.17) is 5.11 Å². The number of nitrogens with zero attached hydrogens (tertiary/aromatic N) is 1. The van der Waals surface area contributed by atoms with Crippen LogP contribution in [-0.2, 0) is 0 Å². The second-order valence-corrected chi connectivity index (χ2v) is 4.38. The Hall–Kier alpha value is -0.900. The molecule has 1 aliphatic rings. The van der Waals surface area contributed by atoms with Gasteiger partial charge in [-0.25, -0.2) is 4.79 Å². The van der Waals surface area contributed by atoms with Crippen LogP contribution in [0.25, 0.3) is 0 Å². The van der Waals surface area contributed by atoms with Crippen LogP contribution >= 0.6 is 15.9 Å². The number of hydrogen-bond acceptors (Lipinski definition) is 2. The Balaban J connectivity index is 2.34. The SMILES string of the molecule is O=C(O)c1cc(C2CCC2)ncc1Br. The molecule has 0 aromatic carbocycles. The standard InChI is InChI=1S/C10H10BrNO2/c11-8-5-12-9(6-2-1-3-6)4-7(8)10(13)14/h4-6H,1-3H2,(H,13,14). The summed E-state index contributed by atoms with van der Waals surface area (Å²) in [5, 5.41) is 8.90. The van der Waals surface area contributed by atoms with Crippen LogP contribution < -0.4 is 0 Å². The fraction of sp³-hybridized carbons (Fsp3) is 0.400. The largest absolute Gasteiger partial charge is 0.478 e. The summed E-state index contributed by atoms with van der Waals surface area (Å²) in [5.41, 5.74) is 1.22. The van der Waals surface area contributed by atoms with Crippen molar-refractivity contribution in [3.8, 4) is 0 Å². The fourth-order valence-corrected chi connectivity index (χ4v) is 1.93. The van der Waals surface area contributed by atoms with E-state index in [0.29, 0.717) is 16.0 Å². The van der Waals surface area contributed by atoms with Crippen molar-refractivity contribution in [2.75, 3.05) is 0 Å². The van der Waals surface area contributed by atoms with Crippen molar-refractivity contribution >= 4 is 21.9 Å². The third kappa shape index (κ3) is 1.66. The molecule has 1 aromatic rings. The van der Waals surface area contributed by atoms with Crippen LogP contribution in [0.5, 0.6) is 0 Å². The van der Waals surface area contributed by atoms with Gasteiger partial charge in [0.2, 0.25) is 0 Å². The van der Waals surface area contributed by atoms with Gasteiger partial charge in [-0.3, -0.25) is 4.98 Å². The van der Waals surface area contributed by atoms with Gasteiger partial charge in [-0.1, -0.05) is 6.42 Å². The van der Waals surface area contributed by atoms with Crippen molar-refractivity contribution < 1.29 is 9.90 Å². The van der Waals surface area contributed by atoms with E-state index in [1.165, 1.54) is 6.42 Å². The fourth-order valence-electron chi connectivity index (χ4n) is 1.55. The second kappa shape index (κ2) is 3.69. The molecule has 0 bridgehead atoms. The van der Waals surface area contributed by atoms with Crippen LogP contribution in [0.15, 0.2) is 16.7 Å². The number of aromatic carboxylic acids is 1. The van der Waals surface area contributed by atoms with Crippen LogP contribution in [0.4, 0.5) is 0 Å². The maximum Gasteiger partial charge on any atom is 0.336 e. The summed E-state index contributed by atoms with van der Waals surface area (Å²) >= 11 is 3.18. The summed E-state index contributed by atoms with van der Waals surface area (Å²) in [6.07, 6.45) is 5.07. The van der Waals surface area contributed by atoms with Gasteiger partial charge in [-0.05, 0) is 34.8 Å². The quantitative estimate of drug-likeness (QED) is 0.885. The summed E-state index contributed by atoms with van der Waals surface area (Å²) in [4.78, 5) is 15.1. The normalized spacial score (nSPS) is 16.4. The molecule has 0 saturated heterocycles. The first kappa shape index (κ1) is 9.65. The minimum absolute atomic E-state index is 0.307. The number of hydrogen-bond donors (Lipinski definition) is 1. The molecule has 1 heterocycles. The summed E-state index contributed by atoms with van der Waals surface area (Å²) in [7, 11) is 0. The molecule has 0 amide bonds. The highest BCUT2D eigenvalue weighted by atomic mass is 79.9. The van der Waals surface area contributed by atoms with Crippen LogP contribution in [-0.4, -0.2) is 16.1 Å². The molecule has 0 radical (unpaired) electrons. The van der Waals surface area contributed by atoms with Gasteiger partial charge in [0.15, 0.2) is 0 Å². The first-order valence-corrected chi connectivity index (χ1v) is 5.36. The predicted octanol–water partition coefficient (Wildman–Crippen LogP) is 2.81. The van der Waals surface area contributed by atoms with Crippen molar-refractivity contribution in [1.29, 1.82) is 0 Å². The summed E-state index contributed by atoms with van der Waals surface area (Å²) in [6, 6.07) is 1.68. The minimum atomic E-state index is -0.903. The van der Waals surface area contributed by atoms with E-state index in [1.54, 1.807) is 12.3 Å². The third-order valence-corrected chi connectivity index (χ3v) is 3.26. The molecule has 1 aliphatic carbocycles. The van der Waals surface area contributed by atoms with E-state index in [-0.39, 0.29) is 0 Å². The van der Waals surface area contributed by atoms with E-state index < -0.39 is 5.97 Å². The van der Waals surface area contributed by atoms with E-state index in [2.05, 4.69) is 20.9 Å². The predicted molar refractivity (Wildman–Crippen MR) is 55.5 cm³/mol. The Morgan fingerprint density at radius 3 is 2.79 bits per heavy atom. The molecule has 0 aliphatic heterocycles. The molecule has 1 aromatic heterocycles. The van der Waals surface area contributed by atoms with Gasteiger partial charge in [0, 0.05) is 17.8 Å². The molecule has 74 valence electrons. The summed E-state index contributed by atoms with van der Waals surface area (Å²) < 4.78 is 0.549. The molecule has 4 heteroatoms. The monoisotopic (exact) mass is 255 g/mol. The van der Waals surface area contributed by atoms with E-state index >= 15 is 0 Å². The van der Waals surface area contributed by atoms with E-state index in [1.807, 2.05) is 0 Å². The van der Waals surface area contributed by atoms with Gasteiger partial charge in [0.25, 0.3) is 0 Å². The zero-order valence-electron chi connectivity index (χ0n) is 7.53.